The van der Waals surface area contributed by atoms with Crippen LogP contribution in [0.2, 0.25) is 0 Å². The molecule has 1 aliphatic heterocycles. The minimum absolute atomic E-state index is 0.113. The van der Waals surface area contributed by atoms with Crippen molar-refractivity contribution in [3.05, 3.63) is 35.9 Å². The van der Waals surface area contributed by atoms with Crippen LogP contribution in [0.15, 0.2) is 30.3 Å². The molecule has 0 radical (unpaired) electrons. The highest BCUT2D eigenvalue weighted by Gasteiger charge is 2.46. The van der Waals surface area contributed by atoms with Crippen molar-refractivity contribution in [3.8, 4) is 0 Å². The van der Waals surface area contributed by atoms with Gasteiger partial charge in [-0.2, -0.15) is 5.06 Å². The first-order chi connectivity index (χ1) is 12.4. The SMILES string of the molecule is CC(=O)NCCON(Cc1ccccc1)[C@@H]1O[C@H](CO)[C@@H](O)[C@H](O)[C@H]1O. The number of nitrogens with one attached hydrogen (secondary N) is 1. The van der Waals surface area contributed by atoms with Gasteiger partial charge in [-0.25, -0.2) is 0 Å². The van der Waals surface area contributed by atoms with Gasteiger partial charge in [0.1, 0.15) is 24.4 Å². The Bertz CT molecular complexity index is 557. The largest absolute Gasteiger partial charge is 0.394 e. The van der Waals surface area contributed by atoms with Gasteiger partial charge in [-0.05, 0) is 5.56 Å². The summed E-state index contributed by atoms with van der Waals surface area (Å²) in [5.41, 5.74) is 0.865. The maximum atomic E-state index is 11.0. The van der Waals surface area contributed by atoms with Gasteiger partial charge in [-0.15, -0.1) is 0 Å². The van der Waals surface area contributed by atoms with Gasteiger partial charge in [0.2, 0.25) is 5.91 Å². The summed E-state index contributed by atoms with van der Waals surface area (Å²) in [5.74, 6) is -0.198. The predicted molar refractivity (Wildman–Crippen MR) is 90.4 cm³/mol. The van der Waals surface area contributed by atoms with Gasteiger partial charge in [0.05, 0.1) is 19.8 Å². The number of hydrogen-bond acceptors (Lipinski definition) is 8. The van der Waals surface area contributed by atoms with E-state index in [1.54, 1.807) is 0 Å². The van der Waals surface area contributed by atoms with Crippen molar-refractivity contribution in [2.24, 2.45) is 0 Å². The smallest absolute Gasteiger partial charge is 0.216 e. The molecule has 1 heterocycles. The Balaban J connectivity index is 2.11. The summed E-state index contributed by atoms with van der Waals surface area (Å²) >= 11 is 0. The molecule has 1 aliphatic rings. The minimum atomic E-state index is -1.50. The Hall–Kier alpha value is -1.59. The Morgan fingerprint density at radius 3 is 2.50 bits per heavy atom. The molecule has 0 unspecified atom stereocenters. The van der Waals surface area contributed by atoms with Crippen molar-refractivity contribution >= 4 is 5.91 Å². The summed E-state index contributed by atoms with van der Waals surface area (Å²) in [7, 11) is 0. The van der Waals surface area contributed by atoms with E-state index in [9.17, 15) is 25.2 Å². The summed E-state index contributed by atoms with van der Waals surface area (Å²) in [6.45, 7) is 1.45. The number of hydroxylamine groups is 2. The van der Waals surface area contributed by atoms with Crippen LogP contribution in [0.3, 0.4) is 0 Å². The Morgan fingerprint density at radius 1 is 1.19 bits per heavy atom. The third kappa shape index (κ3) is 5.45. The van der Waals surface area contributed by atoms with Crippen molar-refractivity contribution < 1.29 is 34.8 Å². The zero-order valence-electron chi connectivity index (χ0n) is 14.6. The molecule has 1 aromatic rings. The number of amides is 1. The summed E-state index contributed by atoms with van der Waals surface area (Å²) in [6, 6.07) is 9.26. The number of carbonyl (C=O) groups excluding carboxylic acids is 1. The van der Waals surface area contributed by atoms with E-state index in [0.29, 0.717) is 0 Å². The van der Waals surface area contributed by atoms with Crippen molar-refractivity contribution in [1.29, 1.82) is 0 Å². The van der Waals surface area contributed by atoms with Crippen LogP contribution in [0, 0.1) is 0 Å². The molecule has 5 atom stereocenters. The highest BCUT2D eigenvalue weighted by Crippen LogP contribution is 2.25. The molecule has 0 bridgehead atoms. The van der Waals surface area contributed by atoms with E-state index in [0.717, 1.165) is 5.56 Å². The van der Waals surface area contributed by atoms with Crippen LogP contribution >= 0.6 is 0 Å². The van der Waals surface area contributed by atoms with Gasteiger partial charge in [-0.3, -0.25) is 9.63 Å². The average Bonchev–Trinajstić information content (AvgIpc) is 2.63. The molecule has 9 nitrogen and oxygen atoms in total. The fraction of sp³-hybridized carbons (Fsp3) is 0.588. The molecule has 0 saturated carbocycles. The zero-order valence-corrected chi connectivity index (χ0v) is 14.6. The van der Waals surface area contributed by atoms with Gasteiger partial charge in [0.15, 0.2) is 6.23 Å². The van der Waals surface area contributed by atoms with E-state index >= 15 is 0 Å². The number of benzene rings is 1. The number of carbonyl (C=O) groups is 1. The topological polar surface area (TPSA) is 132 Å². The molecule has 1 aromatic carbocycles. The highest BCUT2D eigenvalue weighted by atomic mass is 16.7. The standard InChI is InChI=1S/C17H26N2O7/c1-11(21)18-7-8-25-19(9-12-5-3-2-4-6-12)17-16(24)15(23)14(22)13(10-20)26-17/h2-6,13-17,20,22-24H,7-10H2,1H3,(H,18,21)/t13-,14-,15+,16-,17-/m1/s1. The molecule has 26 heavy (non-hydrogen) atoms. The first-order valence-corrected chi connectivity index (χ1v) is 8.42. The monoisotopic (exact) mass is 370 g/mol. The van der Waals surface area contributed by atoms with Gasteiger partial charge in [-0.1, -0.05) is 30.3 Å². The van der Waals surface area contributed by atoms with E-state index in [-0.39, 0.29) is 25.6 Å². The molecule has 1 fully saturated rings. The normalized spacial score (nSPS) is 28.9. The third-order valence-electron chi connectivity index (χ3n) is 4.07. The van der Waals surface area contributed by atoms with Crippen LogP contribution in [-0.2, 0) is 20.9 Å². The summed E-state index contributed by atoms with van der Waals surface area (Å²) in [6.07, 6.45) is -6.52. The lowest BCUT2D eigenvalue weighted by molar-refractivity contribution is -0.338. The lowest BCUT2D eigenvalue weighted by Crippen LogP contribution is -2.63. The first-order valence-electron chi connectivity index (χ1n) is 8.42. The molecule has 2 rings (SSSR count). The van der Waals surface area contributed by atoms with Crippen LogP contribution in [0.1, 0.15) is 12.5 Å². The molecular weight excluding hydrogens is 344 g/mol. The van der Waals surface area contributed by atoms with Gasteiger partial charge < -0.3 is 30.5 Å². The highest BCUT2D eigenvalue weighted by molar-refractivity contribution is 5.72. The number of hydrogen-bond donors (Lipinski definition) is 5. The maximum absolute atomic E-state index is 11.0. The van der Waals surface area contributed by atoms with Crippen molar-refractivity contribution in [2.75, 3.05) is 19.8 Å². The van der Waals surface area contributed by atoms with Crippen molar-refractivity contribution in [1.82, 2.24) is 10.4 Å². The summed E-state index contributed by atoms with van der Waals surface area (Å²) < 4.78 is 5.55. The Kier molecular flexibility index (Phi) is 7.91. The van der Waals surface area contributed by atoms with E-state index in [2.05, 4.69) is 5.32 Å². The fourth-order valence-corrected chi connectivity index (χ4v) is 2.68. The van der Waals surface area contributed by atoms with E-state index < -0.39 is 37.3 Å². The molecule has 1 saturated heterocycles. The molecular formula is C17H26N2O7. The van der Waals surface area contributed by atoms with Crippen molar-refractivity contribution in [2.45, 2.75) is 44.1 Å². The van der Waals surface area contributed by atoms with Crippen LogP contribution in [-0.4, -0.2) is 81.8 Å². The molecule has 9 heteroatoms. The van der Waals surface area contributed by atoms with E-state index in [1.165, 1.54) is 12.0 Å². The van der Waals surface area contributed by atoms with Crippen LogP contribution in [0.5, 0.6) is 0 Å². The lowest BCUT2D eigenvalue weighted by Gasteiger charge is -2.43. The third-order valence-corrected chi connectivity index (χ3v) is 4.07. The van der Waals surface area contributed by atoms with E-state index in [1.807, 2.05) is 30.3 Å². The van der Waals surface area contributed by atoms with Crippen LogP contribution in [0.25, 0.3) is 0 Å². The number of nitrogens with zero attached hydrogens (tertiary/aromatic N) is 1. The number of aliphatic hydroxyl groups excluding tert-OH is 4. The van der Waals surface area contributed by atoms with E-state index in [4.69, 9.17) is 9.57 Å². The second kappa shape index (κ2) is 9.93. The fourth-order valence-electron chi connectivity index (χ4n) is 2.68. The minimum Gasteiger partial charge on any atom is -0.394 e. The maximum Gasteiger partial charge on any atom is 0.216 e. The quantitative estimate of drug-likeness (QED) is 0.272. The molecule has 146 valence electrons. The number of ether oxygens (including phenoxy) is 1. The van der Waals surface area contributed by atoms with Gasteiger partial charge in [0.25, 0.3) is 0 Å². The molecule has 0 aromatic heterocycles. The summed E-state index contributed by atoms with van der Waals surface area (Å²) in [4.78, 5) is 16.6. The second-order valence-corrected chi connectivity index (χ2v) is 6.10. The average molecular weight is 370 g/mol. The number of aliphatic hydroxyl groups is 4. The Morgan fingerprint density at radius 2 is 1.88 bits per heavy atom. The zero-order chi connectivity index (χ0) is 19.1. The lowest BCUT2D eigenvalue weighted by atomic mass is 9.98. The van der Waals surface area contributed by atoms with Crippen molar-refractivity contribution in [3.63, 3.8) is 0 Å². The molecule has 0 aliphatic carbocycles. The summed E-state index contributed by atoms with van der Waals surface area (Å²) in [5, 5.41) is 43.5. The van der Waals surface area contributed by atoms with Crippen LogP contribution < -0.4 is 5.32 Å². The molecule has 1 amide bonds. The Labute approximate surface area is 151 Å². The van der Waals surface area contributed by atoms with Crippen LogP contribution in [0.4, 0.5) is 0 Å². The molecule has 0 spiro atoms. The molecule has 5 N–H and O–H groups in total. The first kappa shape index (κ1) is 20.7. The van der Waals surface area contributed by atoms with Gasteiger partial charge >= 0.3 is 0 Å². The van der Waals surface area contributed by atoms with Gasteiger partial charge in [0, 0.05) is 13.5 Å². The second-order valence-electron chi connectivity index (χ2n) is 6.10. The number of rotatable bonds is 8. The predicted octanol–water partition coefficient (Wildman–Crippen LogP) is -1.64.